The van der Waals surface area contributed by atoms with E-state index >= 15 is 0 Å². The lowest BCUT2D eigenvalue weighted by atomic mass is 9.96. The molecule has 0 bridgehead atoms. The summed E-state index contributed by atoms with van der Waals surface area (Å²) in [6.07, 6.45) is 2.88. The van der Waals surface area contributed by atoms with E-state index in [4.69, 9.17) is 5.73 Å². The van der Waals surface area contributed by atoms with Gasteiger partial charge < -0.3 is 15.4 Å². The number of hydrogen-bond acceptors (Lipinski definition) is 5. The van der Waals surface area contributed by atoms with Crippen LogP contribution in [0, 0.1) is 17.2 Å². The molecule has 2 heterocycles. The number of alkyl halides is 2. The maximum Gasteiger partial charge on any atom is 0.387 e. The minimum absolute atomic E-state index is 0.0101. The highest BCUT2D eigenvalue weighted by molar-refractivity contribution is 5.95. The molecule has 1 aliphatic heterocycles. The average molecular weight is 346 g/mol. The lowest BCUT2D eigenvalue weighted by Crippen LogP contribution is -2.41. The lowest BCUT2D eigenvalue weighted by molar-refractivity contribution is -0.122. The number of piperidine rings is 1. The van der Waals surface area contributed by atoms with Crippen LogP contribution >= 0.6 is 0 Å². The predicted molar refractivity (Wildman–Crippen MR) is 87.2 cm³/mol. The molecular weight excluding hydrogens is 330 g/mol. The van der Waals surface area contributed by atoms with Crippen molar-refractivity contribution in [3.63, 3.8) is 0 Å². The number of nitriles is 1. The van der Waals surface area contributed by atoms with E-state index in [0.29, 0.717) is 41.7 Å². The number of carbonyl (C=O) groups is 1. The summed E-state index contributed by atoms with van der Waals surface area (Å²) in [4.78, 5) is 17.6. The van der Waals surface area contributed by atoms with Crippen LogP contribution in [0.2, 0.25) is 0 Å². The van der Waals surface area contributed by atoms with E-state index in [1.807, 2.05) is 4.90 Å². The average Bonchev–Trinajstić information content (AvgIpc) is 2.60. The number of carbonyl (C=O) groups excluding carboxylic acids is 1. The molecule has 1 aromatic heterocycles. The predicted octanol–water partition coefficient (Wildman–Crippen LogP) is 2.41. The van der Waals surface area contributed by atoms with E-state index in [1.165, 1.54) is 18.3 Å². The third-order valence-corrected chi connectivity index (χ3v) is 4.30. The molecule has 1 saturated heterocycles. The number of ether oxygens (including phenoxy) is 1. The van der Waals surface area contributed by atoms with Gasteiger partial charge in [-0.25, -0.2) is 0 Å². The Morgan fingerprint density at radius 2 is 2.28 bits per heavy atom. The molecule has 1 atom stereocenters. The van der Waals surface area contributed by atoms with Gasteiger partial charge in [-0.1, -0.05) is 0 Å². The molecule has 3 rings (SSSR count). The van der Waals surface area contributed by atoms with E-state index < -0.39 is 6.61 Å². The topological polar surface area (TPSA) is 92.2 Å². The van der Waals surface area contributed by atoms with Gasteiger partial charge in [0.2, 0.25) is 5.91 Å². The Hall–Kier alpha value is -2.95. The fraction of sp³-hybridized carbons (Fsp3) is 0.353. The van der Waals surface area contributed by atoms with Crippen LogP contribution in [-0.2, 0) is 4.79 Å². The number of hydrogen-bond donors (Lipinski definition) is 1. The molecule has 1 amide bonds. The van der Waals surface area contributed by atoms with Crippen molar-refractivity contribution in [1.82, 2.24) is 4.98 Å². The Bertz CT molecular complexity index is 850. The Morgan fingerprint density at radius 3 is 2.96 bits per heavy atom. The highest BCUT2D eigenvalue weighted by Gasteiger charge is 2.27. The number of amides is 1. The van der Waals surface area contributed by atoms with Crippen LogP contribution in [0.5, 0.6) is 5.75 Å². The molecule has 2 N–H and O–H groups in total. The monoisotopic (exact) mass is 346 g/mol. The first-order valence-corrected chi connectivity index (χ1v) is 7.81. The number of nitrogens with two attached hydrogens (primary N) is 1. The van der Waals surface area contributed by atoms with Crippen molar-refractivity contribution >= 4 is 22.5 Å². The highest BCUT2D eigenvalue weighted by Crippen LogP contribution is 2.34. The van der Waals surface area contributed by atoms with Gasteiger partial charge in [-0.2, -0.15) is 14.0 Å². The smallest absolute Gasteiger partial charge is 0.387 e. The molecule has 6 nitrogen and oxygen atoms in total. The van der Waals surface area contributed by atoms with Gasteiger partial charge in [0, 0.05) is 24.7 Å². The Morgan fingerprint density at radius 1 is 1.48 bits per heavy atom. The SMILES string of the molecule is N#Cc1cnc2ccc(OC(F)F)cc2c1N1CCC[C@H](C(N)=O)C1. The Labute approximate surface area is 142 Å². The number of rotatable bonds is 4. The summed E-state index contributed by atoms with van der Waals surface area (Å²) in [6.45, 7) is -1.93. The minimum Gasteiger partial charge on any atom is -0.435 e. The first-order chi connectivity index (χ1) is 12.0. The van der Waals surface area contributed by atoms with Crippen LogP contribution in [0.3, 0.4) is 0 Å². The number of nitrogens with zero attached hydrogens (tertiary/aromatic N) is 3. The van der Waals surface area contributed by atoms with Gasteiger partial charge in [-0.3, -0.25) is 9.78 Å². The van der Waals surface area contributed by atoms with Crippen molar-refractivity contribution in [3.05, 3.63) is 30.0 Å². The largest absolute Gasteiger partial charge is 0.435 e. The third kappa shape index (κ3) is 3.45. The van der Waals surface area contributed by atoms with Gasteiger partial charge in [0.15, 0.2) is 0 Å². The zero-order chi connectivity index (χ0) is 18.0. The number of fused-ring (bicyclic) bond motifs is 1. The molecular formula is C17H16F2N4O2. The number of anilines is 1. The standard InChI is InChI=1S/C17H16F2N4O2/c18-17(19)25-12-3-4-14-13(6-12)15(11(7-20)8-22-14)23-5-1-2-10(9-23)16(21)24/h3-4,6,8,10,17H,1-2,5,9H2,(H2,21,24)/t10-/m0/s1. The summed E-state index contributed by atoms with van der Waals surface area (Å²) >= 11 is 0. The molecule has 1 fully saturated rings. The molecule has 0 aliphatic carbocycles. The second-order valence-electron chi connectivity index (χ2n) is 5.88. The fourth-order valence-corrected chi connectivity index (χ4v) is 3.17. The molecule has 0 radical (unpaired) electrons. The summed E-state index contributed by atoms with van der Waals surface area (Å²) in [5.74, 6) is -0.712. The van der Waals surface area contributed by atoms with Crippen LogP contribution in [0.15, 0.2) is 24.4 Å². The molecule has 1 aliphatic rings. The number of benzene rings is 1. The Kier molecular flexibility index (Phi) is 4.65. The van der Waals surface area contributed by atoms with Gasteiger partial charge in [0.05, 0.1) is 22.7 Å². The highest BCUT2D eigenvalue weighted by atomic mass is 19.3. The maximum absolute atomic E-state index is 12.5. The van der Waals surface area contributed by atoms with Gasteiger partial charge in [-0.15, -0.1) is 0 Å². The second kappa shape index (κ2) is 6.89. The van der Waals surface area contributed by atoms with Crippen LogP contribution in [0.25, 0.3) is 10.9 Å². The molecule has 0 unspecified atom stereocenters. The lowest BCUT2D eigenvalue weighted by Gasteiger charge is -2.34. The molecule has 0 saturated carbocycles. The summed E-state index contributed by atoms with van der Waals surface area (Å²) in [5, 5.41) is 9.97. The normalized spacial score (nSPS) is 17.5. The van der Waals surface area contributed by atoms with Crippen molar-refractivity contribution in [1.29, 1.82) is 5.26 Å². The molecule has 1 aromatic carbocycles. The number of aromatic nitrogens is 1. The van der Waals surface area contributed by atoms with Crippen molar-refractivity contribution in [3.8, 4) is 11.8 Å². The van der Waals surface area contributed by atoms with Crippen molar-refractivity contribution < 1.29 is 18.3 Å². The zero-order valence-electron chi connectivity index (χ0n) is 13.3. The van der Waals surface area contributed by atoms with E-state index in [-0.39, 0.29) is 17.6 Å². The van der Waals surface area contributed by atoms with Crippen LogP contribution in [0.4, 0.5) is 14.5 Å². The number of primary amides is 1. The zero-order valence-corrected chi connectivity index (χ0v) is 13.3. The molecule has 25 heavy (non-hydrogen) atoms. The van der Waals surface area contributed by atoms with E-state index in [1.54, 1.807) is 6.07 Å². The summed E-state index contributed by atoms with van der Waals surface area (Å²) in [7, 11) is 0. The van der Waals surface area contributed by atoms with Crippen LogP contribution in [0.1, 0.15) is 18.4 Å². The van der Waals surface area contributed by atoms with Gasteiger partial charge in [-0.05, 0) is 31.0 Å². The van der Waals surface area contributed by atoms with Gasteiger partial charge >= 0.3 is 6.61 Å². The summed E-state index contributed by atoms with van der Waals surface area (Å²) < 4.78 is 29.5. The van der Waals surface area contributed by atoms with Crippen molar-refractivity contribution in [2.75, 3.05) is 18.0 Å². The first kappa shape index (κ1) is 16.9. The van der Waals surface area contributed by atoms with Gasteiger partial charge in [0.25, 0.3) is 0 Å². The molecule has 130 valence electrons. The Balaban J connectivity index is 2.10. The van der Waals surface area contributed by atoms with Crippen molar-refractivity contribution in [2.45, 2.75) is 19.5 Å². The molecule has 8 heteroatoms. The van der Waals surface area contributed by atoms with E-state index in [9.17, 15) is 18.8 Å². The third-order valence-electron chi connectivity index (χ3n) is 4.30. The van der Waals surface area contributed by atoms with Gasteiger partial charge in [0.1, 0.15) is 11.8 Å². The van der Waals surface area contributed by atoms with E-state index in [0.717, 1.165) is 6.42 Å². The number of pyridine rings is 1. The molecule has 0 spiro atoms. The molecule has 2 aromatic rings. The van der Waals surface area contributed by atoms with E-state index in [2.05, 4.69) is 15.8 Å². The summed E-state index contributed by atoms with van der Waals surface area (Å²) in [5.41, 5.74) is 6.86. The second-order valence-corrected chi connectivity index (χ2v) is 5.88. The van der Waals surface area contributed by atoms with Crippen LogP contribution < -0.4 is 15.4 Å². The maximum atomic E-state index is 12.5. The quantitative estimate of drug-likeness (QED) is 0.918. The first-order valence-electron chi connectivity index (χ1n) is 7.81. The van der Waals surface area contributed by atoms with Crippen molar-refractivity contribution in [2.24, 2.45) is 11.7 Å². The van der Waals surface area contributed by atoms with Crippen LogP contribution in [-0.4, -0.2) is 30.6 Å². The minimum atomic E-state index is -2.94. The number of halogens is 2. The fourth-order valence-electron chi connectivity index (χ4n) is 3.17. The summed E-state index contributed by atoms with van der Waals surface area (Å²) in [6, 6.07) is 6.49.